The van der Waals surface area contributed by atoms with Crippen LogP contribution in [0.15, 0.2) is 0 Å². The maximum absolute atomic E-state index is 12.3. The molecule has 122 valence electrons. The Labute approximate surface area is 126 Å². The standard InChI is InChI=1S/C14H25NO5S/c1-19-14(16)12-4-2-5-13(12)21(17,18)15-8-3-9-20-10-11-6-7-11/h11-13,15H,2-10H2,1H3. The van der Waals surface area contributed by atoms with E-state index < -0.39 is 27.2 Å². The summed E-state index contributed by atoms with van der Waals surface area (Å²) in [6.45, 7) is 1.72. The zero-order valence-electron chi connectivity index (χ0n) is 12.5. The maximum Gasteiger partial charge on any atom is 0.310 e. The lowest BCUT2D eigenvalue weighted by atomic mass is 10.1. The third kappa shape index (κ3) is 4.93. The Morgan fingerprint density at radius 3 is 2.67 bits per heavy atom. The van der Waals surface area contributed by atoms with Crippen molar-refractivity contribution in [3.8, 4) is 0 Å². The molecule has 0 saturated heterocycles. The van der Waals surface area contributed by atoms with E-state index in [-0.39, 0.29) is 0 Å². The Morgan fingerprint density at radius 1 is 1.24 bits per heavy atom. The molecule has 2 unspecified atom stereocenters. The first-order valence-corrected chi connectivity index (χ1v) is 9.23. The number of methoxy groups -OCH3 is 1. The number of rotatable bonds is 9. The van der Waals surface area contributed by atoms with Crippen LogP contribution in [0, 0.1) is 11.8 Å². The minimum absolute atomic E-state index is 0.359. The number of sulfonamides is 1. The van der Waals surface area contributed by atoms with Crippen LogP contribution in [0.3, 0.4) is 0 Å². The largest absolute Gasteiger partial charge is 0.469 e. The van der Waals surface area contributed by atoms with Crippen molar-refractivity contribution in [1.29, 1.82) is 0 Å². The Bertz CT molecular complexity index is 446. The van der Waals surface area contributed by atoms with Gasteiger partial charge in [-0.2, -0.15) is 0 Å². The molecular weight excluding hydrogens is 294 g/mol. The predicted molar refractivity (Wildman–Crippen MR) is 78.2 cm³/mol. The molecule has 0 spiro atoms. The molecule has 0 heterocycles. The van der Waals surface area contributed by atoms with E-state index in [2.05, 4.69) is 4.72 Å². The normalized spacial score (nSPS) is 26.0. The first-order chi connectivity index (χ1) is 10.0. The molecule has 0 aromatic heterocycles. The molecule has 0 bridgehead atoms. The highest BCUT2D eigenvalue weighted by molar-refractivity contribution is 7.90. The zero-order valence-corrected chi connectivity index (χ0v) is 13.4. The summed E-state index contributed by atoms with van der Waals surface area (Å²) in [5.74, 6) is -0.227. The Hall–Kier alpha value is -0.660. The van der Waals surface area contributed by atoms with E-state index in [9.17, 15) is 13.2 Å². The lowest BCUT2D eigenvalue weighted by Gasteiger charge is -2.18. The van der Waals surface area contributed by atoms with E-state index in [1.165, 1.54) is 20.0 Å². The first-order valence-electron chi connectivity index (χ1n) is 7.68. The molecule has 0 aromatic rings. The van der Waals surface area contributed by atoms with Gasteiger partial charge in [-0.1, -0.05) is 6.42 Å². The molecule has 2 aliphatic carbocycles. The molecule has 1 N–H and O–H groups in total. The lowest BCUT2D eigenvalue weighted by Crippen LogP contribution is -2.40. The smallest absolute Gasteiger partial charge is 0.310 e. The molecular formula is C14H25NO5S. The van der Waals surface area contributed by atoms with Crippen LogP contribution in [0.4, 0.5) is 0 Å². The predicted octanol–water partition coefficient (Wildman–Crippen LogP) is 1.06. The van der Waals surface area contributed by atoms with Gasteiger partial charge in [-0.15, -0.1) is 0 Å². The fourth-order valence-electron chi connectivity index (χ4n) is 2.75. The minimum atomic E-state index is -3.46. The number of hydrogen-bond acceptors (Lipinski definition) is 5. The SMILES string of the molecule is COC(=O)C1CCCC1S(=O)(=O)NCCCOCC1CC1. The van der Waals surface area contributed by atoms with E-state index >= 15 is 0 Å². The van der Waals surface area contributed by atoms with E-state index in [1.54, 1.807) is 0 Å². The summed E-state index contributed by atoms with van der Waals surface area (Å²) in [5.41, 5.74) is 0. The third-order valence-corrected chi connectivity index (χ3v) is 6.14. The van der Waals surface area contributed by atoms with Crippen molar-refractivity contribution in [2.45, 2.75) is 43.8 Å². The Balaban J connectivity index is 1.70. The number of hydrogen-bond donors (Lipinski definition) is 1. The summed E-state index contributed by atoms with van der Waals surface area (Å²) in [7, 11) is -2.16. The van der Waals surface area contributed by atoms with Gasteiger partial charge in [-0.3, -0.25) is 4.79 Å². The molecule has 0 amide bonds. The summed E-state index contributed by atoms with van der Waals surface area (Å²) in [5, 5.41) is -0.655. The van der Waals surface area contributed by atoms with E-state index in [0.717, 1.165) is 18.9 Å². The minimum Gasteiger partial charge on any atom is -0.469 e. The first kappa shape index (κ1) is 16.7. The summed E-state index contributed by atoms with van der Waals surface area (Å²) >= 11 is 0. The number of carbonyl (C=O) groups is 1. The van der Waals surface area contributed by atoms with Crippen LogP contribution in [0.1, 0.15) is 38.5 Å². The highest BCUT2D eigenvalue weighted by Gasteiger charge is 2.41. The summed E-state index contributed by atoms with van der Waals surface area (Å²) in [4.78, 5) is 11.6. The molecule has 21 heavy (non-hydrogen) atoms. The van der Waals surface area contributed by atoms with Crippen LogP contribution < -0.4 is 4.72 Å². The molecule has 2 fully saturated rings. The van der Waals surface area contributed by atoms with Crippen LogP contribution in [-0.2, 0) is 24.3 Å². The van der Waals surface area contributed by atoms with E-state index in [4.69, 9.17) is 9.47 Å². The molecule has 2 atom stereocenters. The van der Waals surface area contributed by atoms with Crippen molar-refractivity contribution in [1.82, 2.24) is 4.72 Å². The summed E-state index contributed by atoms with van der Waals surface area (Å²) in [6, 6.07) is 0. The average Bonchev–Trinajstić information content (AvgIpc) is 3.14. The molecule has 2 aliphatic rings. The topological polar surface area (TPSA) is 81.7 Å². The molecule has 7 heteroatoms. The lowest BCUT2D eigenvalue weighted by molar-refractivity contribution is -0.145. The van der Waals surface area contributed by atoms with Crippen molar-refractivity contribution in [3.05, 3.63) is 0 Å². The average molecular weight is 319 g/mol. The molecule has 0 aromatic carbocycles. The van der Waals surface area contributed by atoms with Gasteiger partial charge in [0.1, 0.15) is 0 Å². The third-order valence-electron chi connectivity index (χ3n) is 4.17. The second-order valence-corrected chi connectivity index (χ2v) is 7.89. The van der Waals surface area contributed by atoms with Gasteiger partial charge in [0, 0.05) is 19.8 Å². The van der Waals surface area contributed by atoms with Crippen molar-refractivity contribution >= 4 is 16.0 Å². The van der Waals surface area contributed by atoms with Crippen LogP contribution in [0.2, 0.25) is 0 Å². The van der Waals surface area contributed by atoms with E-state index in [0.29, 0.717) is 32.4 Å². The monoisotopic (exact) mass is 319 g/mol. The van der Waals surface area contributed by atoms with Gasteiger partial charge in [0.05, 0.1) is 18.3 Å². The van der Waals surface area contributed by atoms with Crippen LogP contribution in [0.5, 0.6) is 0 Å². The highest BCUT2D eigenvalue weighted by Crippen LogP contribution is 2.31. The van der Waals surface area contributed by atoms with Gasteiger partial charge in [0.15, 0.2) is 0 Å². The van der Waals surface area contributed by atoms with Crippen molar-refractivity contribution in [2.24, 2.45) is 11.8 Å². The van der Waals surface area contributed by atoms with Crippen molar-refractivity contribution < 1.29 is 22.7 Å². The second-order valence-electron chi connectivity index (χ2n) is 5.91. The summed E-state index contributed by atoms with van der Waals surface area (Å²) in [6.07, 6.45) is 5.01. The second kappa shape index (κ2) is 7.56. The van der Waals surface area contributed by atoms with E-state index in [1.807, 2.05) is 0 Å². The molecule has 0 aliphatic heterocycles. The quantitative estimate of drug-likeness (QED) is 0.508. The summed E-state index contributed by atoms with van der Waals surface area (Å²) < 4.78 is 37.3. The highest BCUT2D eigenvalue weighted by atomic mass is 32.2. The molecule has 2 saturated carbocycles. The van der Waals surface area contributed by atoms with Gasteiger partial charge in [0.2, 0.25) is 10.0 Å². The van der Waals surface area contributed by atoms with Crippen LogP contribution in [-0.4, -0.2) is 46.5 Å². The fraction of sp³-hybridized carbons (Fsp3) is 0.929. The zero-order chi connectivity index (χ0) is 15.3. The van der Waals surface area contributed by atoms with Crippen LogP contribution >= 0.6 is 0 Å². The van der Waals surface area contributed by atoms with Gasteiger partial charge in [0.25, 0.3) is 0 Å². The molecule has 0 radical (unpaired) electrons. The van der Waals surface area contributed by atoms with Gasteiger partial charge < -0.3 is 9.47 Å². The molecule has 6 nitrogen and oxygen atoms in total. The fourth-order valence-corrected chi connectivity index (χ4v) is 4.55. The van der Waals surface area contributed by atoms with Crippen LogP contribution in [0.25, 0.3) is 0 Å². The Morgan fingerprint density at radius 2 is 2.00 bits per heavy atom. The van der Waals surface area contributed by atoms with Crippen molar-refractivity contribution in [2.75, 3.05) is 26.9 Å². The number of esters is 1. The Kier molecular flexibility index (Phi) is 6.01. The van der Waals surface area contributed by atoms with Gasteiger partial charge in [-0.05, 0) is 38.0 Å². The number of carbonyl (C=O) groups excluding carboxylic acids is 1. The molecule has 2 rings (SSSR count). The van der Waals surface area contributed by atoms with Gasteiger partial charge >= 0.3 is 5.97 Å². The maximum atomic E-state index is 12.3. The number of ether oxygens (including phenoxy) is 2. The van der Waals surface area contributed by atoms with Gasteiger partial charge in [-0.25, -0.2) is 13.1 Å². The number of nitrogens with one attached hydrogen (secondary N) is 1. The van der Waals surface area contributed by atoms with Crippen molar-refractivity contribution in [3.63, 3.8) is 0 Å².